The summed E-state index contributed by atoms with van der Waals surface area (Å²) in [5, 5.41) is 0. The first-order valence-electron chi connectivity index (χ1n) is 8.79. The van der Waals surface area contributed by atoms with Gasteiger partial charge in [0.2, 0.25) is 5.95 Å². The first-order chi connectivity index (χ1) is 13.2. The van der Waals surface area contributed by atoms with Gasteiger partial charge in [-0.05, 0) is 17.7 Å². The van der Waals surface area contributed by atoms with Crippen LogP contribution in [0.2, 0.25) is 0 Å². The highest BCUT2D eigenvalue weighted by atomic mass is 32.2. The fourth-order valence-electron chi connectivity index (χ4n) is 2.93. The van der Waals surface area contributed by atoms with E-state index in [2.05, 4.69) is 9.97 Å². The van der Waals surface area contributed by atoms with E-state index in [0.29, 0.717) is 17.2 Å². The van der Waals surface area contributed by atoms with Crippen LogP contribution in [-0.2, 0) is 14.9 Å². The summed E-state index contributed by atoms with van der Waals surface area (Å²) in [5.74, 6) is 0.144. The highest BCUT2D eigenvalue weighted by Gasteiger charge is 2.33. The van der Waals surface area contributed by atoms with Crippen molar-refractivity contribution in [3.8, 4) is 11.1 Å². The predicted molar refractivity (Wildman–Crippen MR) is 105 cm³/mol. The molecular weight excluding hydrogens is 385 g/mol. The van der Waals surface area contributed by atoms with Crippen molar-refractivity contribution in [1.82, 2.24) is 18.6 Å². The average molecular weight is 409 g/mol. The van der Waals surface area contributed by atoms with Crippen molar-refractivity contribution in [2.24, 2.45) is 0 Å². The Morgan fingerprint density at radius 2 is 1.86 bits per heavy atom. The van der Waals surface area contributed by atoms with Crippen LogP contribution < -0.4 is 4.90 Å². The first kappa shape index (κ1) is 20.6. The van der Waals surface area contributed by atoms with Crippen LogP contribution in [-0.4, -0.2) is 74.9 Å². The molecule has 1 saturated heterocycles. The van der Waals surface area contributed by atoms with E-state index in [9.17, 15) is 12.8 Å². The van der Waals surface area contributed by atoms with Crippen molar-refractivity contribution in [3.05, 3.63) is 42.0 Å². The Morgan fingerprint density at radius 3 is 2.46 bits per heavy atom. The molecule has 1 aromatic carbocycles. The molecule has 0 bridgehead atoms. The van der Waals surface area contributed by atoms with Crippen LogP contribution in [0.1, 0.15) is 11.8 Å². The maximum Gasteiger partial charge on any atom is 0.281 e. The van der Waals surface area contributed by atoms with E-state index in [-0.39, 0.29) is 25.5 Å². The molecular formula is C18H24FN5O3S. The van der Waals surface area contributed by atoms with Gasteiger partial charge in [0.25, 0.3) is 10.2 Å². The van der Waals surface area contributed by atoms with Gasteiger partial charge in [-0.25, -0.2) is 14.4 Å². The minimum absolute atomic E-state index is 0.137. The molecule has 1 atom stereocenters. The number of nitrogens with zero attached hydrogens (tertiary/aromatic N) is 5. The molecule has 0 N–H and O–H groups in total. The van der Waals surface area contributed by atoms with E-state index in [0.717, 1.165) is 5.56 Å². The van der Waals surface area contributed by atoms with E-state index in [1.807, 2.05) is 14.1 Å². The second kappa shape index (κ2) is 8.08. The molecule has 28 heavy (non-hydrogen) atoms. The molecule has 1 aliphatic heterocycles. The molecule has 3 rings (SSSR count). The van der Waals surface area contributed by atoms with Gasteiger partial charge < -0.3 is 9.64 Å². The Kier molecular flexibility index (Phi) is 5.94. The summed E-state index contributed by atoms with van der Waals surface area (Å²) in [7, 11) is 3.07. The quantitative estimate of drug-likeness (QED) is 0.745. The number of halogens is 1. The Bertz CT molecular complexity index is 935. The third-order valence-electron chi connectivity index (χ3n) is 4.48. The van der Waals surface area contributed by atoms with Gasteiger partial charge in [0, 0.05) is 53.0 Å². The molecule has 0 amide bonds. The topological polar surface area (TPSA) is 78.9 Å². The minimum atomic E-state index is -3.57. The third kappa shape index (κ3) is 4.14. The summed E-state index contributed by atoms with van der Waals surface area (Å²) in [6.45, 7) is 0.662. The van der Waals surface area contributed by atoms with E-state index in [4.69, 9.17) is 4.74 Å². The normalized spacial score (nSPS) is 18.4. The summed E-state index contributed by atoms with van der Waals surface area (Å²) in [6, 6.07) is 6.01. The van der Waals surface area contributed by atoms with Crippen molar-refractivity contribution in [3.63, 3.8) is 0 Å². The molecule has 0 aliphatic carbocycles. The summed E-state index contributed by atoms with van der Waals surface area (Å²) < 4.78 is 46.9. The summed E-state index contributed by atoms with van der Waals surface area (Å²) in [4.78, 5) is 10.7. The number of benzene rings is 1. The largest absolute Gasteiger partial charge is 0.369 e. The van der Waals surface area contributed by atoms with Gasteiger partial charge in [-0.15, -0.1) is 0 Å². The molecule has 1 fully saturated rings. The average Bonchev–Trinajstić information content (AvgIpc) is 2.68. The highest BCUT2D eigenvalue weighted by Crippen LogP contribution is 2.32. The monoisotopic (exact) mass is 409 g/mol. The van der Waals surface area contributed by atoms with Gasteiger partial charge in [0.05, 0.1) is 12.3 Å². The van der Waals surface area contributed by atoms with Crippen LogP contribution in [0.3, 0.4) is 0 Å². The molecule has 152 valence electrons. The van der Waals surface area contributed by atoms with Gasteiger partial charge in [-0.3, -0.25) is 0 Å². The number of hydrogen-bond donors (Lipinski definition) is 0. The van der Waals surface area contributed by atoms with E-state index < -0.39 is 16.3 Å². The molecule has 8 nitrogen and oxygen atoms in total. The molecule has 10 heteroatoms. The van der Waals surface area contributed by atoms with Gasteiger partial charge in [-0.2, -0.15) is 17.0 Å². The lowest BCUT2D eigenvalue weighted by Gasteiger charge is -2.34. The standard InChI is InChI=1S/C18H24FN5O3S/c1-22(2)18-20-11-15(13-5-7-14(19)8-6-13)17(21-18)16-12-24(9-10-27-16)28(25,26)23(3)4/h5-8,11,16H,9-10,12H2,1-4H3/t16-/m1/s1. The third-order valence-corrected chi connectivity index (χ3v) is 6.39. The van der Waals surface area contributed by atoms with Crippen molar-refractivity contribution in [2.75, 3.05) is 52.8 Å². The van der Waals surface area contributed by atoms with Gasteiger partial charge in [-0.1, -0.05) is 12.1 Å². The van der Waals surface area contributed by atoms with Crippen molar-refractivity contribution in [1.29, 1.82) is 0 Å². The second-order valence-corrected chi connectivity index (χ2v) is 9.02. The molecule has 1 aliphatic rings. The molecule has 0 unspecified atom stereocenters. The SMILES string of the molecule is CN(C)c1ncc(-c2ccc(F)cc2)c([C@H]2CN(S(=O)(=O)N(C)C)CCO2)n1. The summed E-state index contributed by atoms with van der Waals surface area (Å²) in [5.41, 5.74) is 1.99. The molecule has 2 aromatic rings. The second-order valence-electron chi connectivity index (χ2n) is 6.88. The van der Waals surface area contributed by atoms with E-state index >= 15 is 0 Å². The maximum atomic E-state index is 13.3. The first-order valence-corrected chi connectivity index (χ1v) is 10.2. The zero-order chi connectivity index (χ0) is 20.5. The molecule has 2 heterocycles. The van der Waals surface area contributed by atoms with Crippen LogP contribution in [0.15, 0.2) is 30.5 Å². The predicted octanol–water partition coefficient (Wildman–Crippen LogP) is 1.53. The van der Waals surface area contributed by atoms with Crippen molar-refractivity contribution >= 4 is 16.2 Å². The number of anilines is 1. The number of aromatic nitrogens is 2. The lowest BCUT2D eigenvalue weighted by atomic mass is 10.0. The molecule has 1 aromatic heterocycles. The van der Waals surface area contributed by atoms with Gasteiger partial charge >= 0.3 is 0 Å². The Labute approximate surface area is 164 Å². The van der Waals surface area contributed by atoms with Crippen LogP contribution in [0.25, 0.3) is 11.1 Å². The van der Waals surface area contributed by atoms with Gasteiger partial charge in [0.1, 0.15) is 11.9 Å². The lowest BCUT2D eigenvalue weighted by molar-refractivity contribution is -0.00590. The number of rotatable bonds is 5. The van der Waals surface area contributed by atoms with E-state index in [1.165, 1.54) is 34.8 Å². The minimum Gasteiger partial charge on any atom is -0.369 e. The number of ether oxygens (including phenoxy) is 1. The summed E-state index contributed by atoms with van der Waals surface area (Å²) in [6.07, 6.45) is 1.10. The Hall–Kier alpha value is -2.14. The van der Waals surface area contributed by atoms with Crippen molar-refractivity contribution < 1.29 is 17.5 Å². The van der Waals surface area contributed by atoms with Crippen LogP contribution in [0.4, 0.5) is 10.3 Å². The number of hydrogen-bond acceptors (Lipinski definition) is 6. The van der Waals surface area contributed by atoms with E-state index in [1.54, 1.807) is 23.2 Å². The zero-order valence-electron chi connectivity index (χ0n) is 16.3. The fraction of sp³-hybridized carbons (Fsp3) is 0.444. The molecule has 0 spiro atoms. The molecule has 0 radical (unpaired) electrons. The maximum absolute atomic E-state index is 13.3. The molecule has 0 saturated carbocycles. The Morgan fingerprint density at radius 1 is 1.18 bits per heavy atom. The van der Waals surface area contributed by atoms with Crippen LogP contribution in [0.5, 0.6) is 0 Å². The van der Waals surface area contributed by atoms with Crippen LogP contribution >= 0.6 is 0 Å². The van der Waals surface area contributed by atoms with Crippen LogP contribution in [0, 0.1) is 5.82 Å². The smallest absolute Gasteiger partial charge is 0.281 e. The lowest BCUT2D eigenvalue weighted by Crippen LogP contribution is -2.47. The van der Waals surface area contributed by atoms with Gasteiger partial charge in [0.15, 0.2) is 0 Å². The number of morpholine rings is 1. The zero-order valence-corrected chi connectivity index (χ0v) is 17.1. The highest BCUT2D eigenvalue weighted by molar-refractivity contribution is 7.86. The fourth-order valence-corrected chi connectivity index (χ4v) is 4.02. The van der Waals surface area contributed by atoms with Crippen molar-refractivity contribution in [2.45, 2.75) is 6.10 Å². The Balaban J connectivity index is 2.03. The summed E-state index contributed by atoms with van der Waals surface area (Å²) >= 11 is 0.